The maximum atomic E-state index is 12.1. The van der Waals surface area contributed by atoms with E-state index in [4.69, 9.17) is 11.6 Å². The third kappa shape index (κ3) is 4.77. The molecule has 2 aromatic rings. The molecule has 24 heavy (non-hydrogen) atoms. The highest BCUT2D eigenvalue weighted by atomic mass is 35.5. The summed E-state index contributed by atoms with van der Waals surface area (Å²) in [6, 6.07) is 10.0. The summed E-state index contributed by atoms with van der Waals surface area (Å²) in [5, 5.41) is 8.10. The Bertz CT molecular complexity index is 682. The van der Waals surface area contributed by atoms with Gasteiger partial charge in [0.15, 0.2) is 0 Å². The first-order valence-electron chi connectivity index (χ1n) is 8.35. The molecule has 1 amide bonds. The number of hydrogen-bond donors (Lipinski definition) is 1. The van der Waals surface area contributed by atoms with Gasteiger partial charge in [0, 0.05) is 22.4 Å². The van der Waals surface area contributed by atoms with Gasteiger partial charge in [0.2, 0.25) is 5.91 Å². The standard InChI is InChI=1S/C18H22ClN3OS/c1-13(14-4-5-14)22-17(10-11-20-22)21-18(23)3-2-12-24-16-8-6-15(19)7-9-16/h6-11,13-14H,2-5,12H2,1H3,(H,21,23). The SMILES string of the molecule is CC(C1CC1)n1nccc1NC(=O)CCCSc1ccc(Cl)cc1. The minimum Gasteiger partial charge on any atom is -0.311 e. The zero-order valence-corrected chi connectivity index (χ0v) is 15.3. The molecule has 0 radical (unpaired) electrons. The first kappa shape index (κ1) is 17.4. The molecule has 1 aliphatic rings. The molecule has 1 aromatic heterocycles. The molecule has 0 aliphatic heterocycles. The Balaban J connectivity index is 1.41. The number of aromatic nitrogens is 2. The van der Waals surface area contributed by atoms with Gasteiger partial charge in [0.05, 0.1) is 12.2 Å². The van der Waals surface area contributed by atoms with E-state index in [0.717, 1.165) is 23.0 Å². The summed E-state index contributed by atoms with van der Waals surface area (Å²) >= 11 is 7.61. The van der Waals surface area contributed by atoms with Crippen LogP contribution in [0.3, 0.4) is 0 Å². The molecule has 1 fully saturated rings. The molecule has 1 aromatic carbocycles. The Hall–Kier alpha value is -1.46. The van der Waals surface area contributed by atoms with Gasteiger partial charge in [-0.05, 0) is 62.1 Å². The molecular formula is C18H22ClN3OS. The van der Waals surface area contributed by atoms with E-state index < -0.39 is 0 Å². The third-order valence-corrected chi connectivity index (χ3v) is 5.61. The van der Waals surface area contributed by atoms with Gasteiger partial charge in [-0.2, -0.15) is 5.10 Å². The van der Waals surface area contributed by atoms with Crippen molar-refractivity contribution in [1.82, 2.24) is 9.78 Å². The minimum atomic E-state index is 0.0523. The summed E-state index contributed by atoms with van der Waals surface area (Å²) < 4.78 is 1.94. The van der Waals surface area contributed by atoms with Gasteiger partial charge in [-0.3, -0.25) is 4.79 Å². The number of thioether (sulfide) groups is 1. The van der Waals surface area contributed by atoms with E-state index in [2.05, 4.69) is 17.3 Å². The molecule has 3 rings (SSSR count). The number of rotatable bonds is 8. The van der Waals surface area contributed by atoms with Crippen LogP contribution in [0.2, 0.25) is 5.02 Å². The molecule has 1 unspecified atom stereocenters. The van der Waals surface area contributed by atoms with E-state index in [1.165, 1.54) is 17.7 Å². The quantitative estimate of drug-likeness (QED) is 0.529. The number of hydrogen-bond acceptors (Lipinski definition) is 3. The van der Waals surface area contributed by atoms with Crippen LogP contribution in [-0.4, -0.2) is 21.4 Å². The van der Waals surface area contributed by atoms with Crippen LogP contribution in [0.25, 0.3) is 0 Å². The molecule has 6 heteroatoms. The number of carbonyl (C=O) groups excluding carboxylic acids is 1. The maximum absolute atomic E-state index is 12.1. The van der Waals surface area contributed by atoms with Crippen LogP contribution in [0.15, 0.2) is 41.4 Å². The van der Waals surface area contributed by atoms with Crippen LogP contribution in [0, 0.1) is 5.92 Å². The fourth-order valence-corrected chi connectivity index (χ4v) is 3.65. The van der Waals surface area contributed by atoms with E-state index in [1.54, 1.807) is 18.0 Å². The van der Waals surface area contributed by atoms with Gasteiger partial charge in [-0.15, -0.1) is 11.8 Å². The van der Waals surface area contributed by atoms with E-state index in [1.807, 2.05) is 35.0 Å². The Morgan fingerprint density at radius 2 is 2.12 bits per heavy atom. The number of benzene rings is 1. The monoisotopic (exact) mass is 363 g/mol. The van der Waals surface area contributed by atoms with E-state index >= 15 is 0 Å². The predicted molar refractivity (Wildman–Crippen MR) is 99.7 cm³/mol. The largest absolute Gasteiger partial charge is 0.311 e. The number of halogens is 1. The summed E-state index contributed by atoms with van der Waals surface area (Å²) in [6.07, 6.45) is 5.63. The molecule has 0 spiro atoms. The van der Waals surface area contributed by atoms with Gasteiger partial charge in [-0.1, -0.05) is 11.6 Å². The molecule has 4 nitrogen and oxygen atoms in total. The van der Waals surface area contributed by atoms with E-state index in [9.17, 15) is 4.79 Å². The molecule has 1 heterocycles. The second-order valence-electron chi connectivity index (χ2n) is 6.19. The summed E-state index contributed by atoms with van der Waals surface area (Å²) in [7, 11) is 0. The number of anilines is 1. The van der Waals surface area contributed by atoms with Crippen LogP contribution in [0.1, 0.15) is 38.6 Å². The van der Waals surface area contributed by atoms with Crippen LogP contribution >= 0.6 is 23.4 Å². The molecule has 1 N–H and O–H groups in total. The topological polar surface area (TPSA) is 46.9 Å². The van der Waals surface area contributed by atoms with Gasteiger partial charge in [-0.25, -0.2) is 4.68 Å². The Morgan fingerprint density at radius 1 is 1.38 bits per heavy atom. The first-order chi connectivity index (χ1) is 11.6. The Morgan fingerprint density at radius 3 is 2.83 bits per heavy atom. The van der Waals surface area contributed by atoms with E-state index in [-0.39, 0.29) is 5.91 Å². The van der Waals surface area contributed by atoms with Crippen molar-refractivity contribution in [2.24, 2.45) is 5.92 Å². The summed E-state index contributed by atoms with van der Waals surface area (Å²) in [5.74, 6) is 2.48. The molecule has 1 aliphatic carbocycles. The zero-order chi connectivity index (χ0) is 16.9. The zero-order valence-electron chi connectivity index (χ0n) is 13.7. The molecule has 1 saturated carbocycles. The lowest BCUT2D eigenvalue weighted by Crippen LogP contribution is -2.18. The van der Waals surface area contributed by atoms with Crippen molar-refractivity contribution in [3.05, 3.63) is 41.6 Å². The summed E-state index contributed by atoms with van der Waals surface area (Å²) in [5.41, 5.74) is 0. The van der Waals surface area contributed by atoms with Crippen LogP contribution in [0.5, 0.6) is 0 Å². The van der Waals surface area contributed by atoms with Crippen molar-refractivity contribution in [1.29, 1.82) is 0 Å². The van der Waals surface area contributed by atoms with Crippen molar-refractivity contribution in [3.8, 4) is 0 Å². The van der Waals surface area contributed by atoms with Crippen LogP contribution in [-0.2, 0) is 4.79 Å². The highest BCUT2D eigenvalue weighted by molar-refractivity contribution is 7.99. The number of nitrogens with zero attached hydrogens (tertiary/aromatic N) is 2. The van der Waals surface area contributed by atoms with Gasteiger partial charge < -0.3 is 5.32 Å². The van der Waals surface area contributed by atoms with Crippen molar-refractivity contribution in [2.75, 3.05) is 11.1 Å². The van der Waals surface area contributed by atoms with Gasteiger partial charge in [0.1, 0.15) is 5.82 Å². The smallest absolute Gasteiger partial charge is 0.225 e. The van der Waals surface area contributed by atoms with E-state index in [0.29, 0.717) is 18.4 Å². The van der Waals surface area contributed by atoms with Gasteiger partial charge in [0.25, 0.3) is 0 Å². The average molecular weight is 364 g/mol. The van der Waals surface area contributed by atoms with Crippen molar-refractivity contribution in [2.45, 2.75) is 43.5 Å². The molecule has 128 valence electrons. The lowest BCUT2D eigenvalue weighted by atomic mass is 10.2. The summed E-state index contributed by atoms with van der Waals surface area (Å²) in [6.45, 7) is 2.17. The number of carbonyl (C=O) groups is 1. The highest BCUT2D eigenvalue weighted by Crippen LogP contribution is 2.40. The second kappa shape index (κ2) is 8.08. The first-order valence-corrected chi connectivity index (χ1v) is 9.71. The van der Waals surface area contributed by atoms with Crippen LogP contribution < -0.4 is 5.32 Å². The lowest BCUT2D eigenvalue weighted by Gasteiger charge is -2.15. The minimum absolute atomic E-state index is 0.0523. The Labute approximate surface area is 152 Å². The molecule has 0 saturated heterocycles. The van der Waals surface area contributed by atoms with Crippen LogP contribution in [0.4, 0.5) is 5.82 Å². The fraction of sp³-hybridized carbons (Fsp3) is 0.444. The summed E-state index contributed by atoms with van der Waals surface area (Å²) in [4.78, 5) is 13.3. The molecule has 1 atom stereocenters. The predicted octanol–water partition coefficient (Wildman–Crippen LogP) is 5.02. The highest BCUT2D eigenvalue weighted by Gasteiger charge is 2.30. The lowest BCUT2D eigenvalue weighted by molar-refractivity contribution is -0.116. The molecule has 0 bridgehead atoms. The van der Waals surface area contributed by atoms with Crippen molar-refractivity contribution < 1.29 is 4.79 Å². The normalized spacial score (nSPS) is 15.2. The number of amides is 1. The number of nitrogens with one attached hydrogen (secondary N) is 1. The van der Waals surface area contributed by atoms with Gasteiger partial charge >= 0.3 is 0 Å². The van der Waals surface area contributed by atoms with Crippen molar-refractivity contribution >= 4 is 35.1 Å². The molecular weight excluding hydrogens is 342 g/mol. The average Bonchev–Trinajstić information content (AvgIpc) is 3.33. The Kier molecular flexibility index (Phi) is 5.85. The second-order valence-corrected chi connectivity index (χ2v) is 7.80. The van der Waals surface area contributed by atoms with Crippen molar-refractivity contribution in [3.63, 3.8) is 0 Å². The maximum Gasteiger partial charge on any atom is 0.225 e. The third-order valence-electron chi connectivity index (χ3n) is 4.26. The fourth-order valence-electron chi connectivity index (χ4n) is 2.68.